The molecule has 2 aromatic rings. The Hall–Kier alpha value is -2.93. The molecule has 3 aliphatic rings. The van der Waals surface area contributed by atoms with Crippen LogP contribution in [0.4, 0.5) is 0 Å². The Labute approximate surface area is 224 Å². The van der Waals surface area contributed by atoms with Gasteiger partial charge in [-0.25, -0.2) is 4.79 Å². The largest absolute Gasteiger partial charge is 0.365 e. The van der Waals surface area contributed by atoms with Gasteiger partial charge in [0.25, 0.3) is 0 Å². The minimum absolute atomic E-state index is 0.215. The van der Waals surface area contributed by atoms with Crippen molar-refractivity contribution in [2.24, 2.45) is 13.0 Å². The first-order valence-electron chi connectivity index (χ1n) is 14.1. The van der Waals surface area contributed by atoms with Crippen molar-refractivity contribution in [2.75, 3.05) is 39.3 Å². The van der Waals surface area contributed by atoms with Crippen LogP contribution >= 0.6 is 0 Å². The summed E-state index contributed by atoms with van der Waals surface area (Å²) in [6.45, 7) is 10.0. The van der Waals surface area contributed by atoms with Gasteiger partial charge in [-0.15, -0.1) is 0 Å². The molecule has 206 valence electrons. The predicted octanol–water partition coefficient (Wildman–Crippen LogP) is 2.18. The number of imide groups is 1. The van der Waals surface area contributed by atoms with Crippen LogP contribution in [0.15, 0.2) is 23.0 Å². The Kier molecular flexibility index (Phi) is 9.78. The normalized spacial score (nSPS) is 21.4. The molecule has 1 unspecified atom stereocenters. The molecule has 0 spiro atoms. The van der Waals surface area contributed by atoms with Crippen LogP contribution in [-0.2, 0) is 21.4 Å². The van der Waals surface area contributed by atoms with Crippen LogP contribution in [0.3, 0.4) is 0 Å². The van der Waals surface area contributed by atoms with Gasteiger partial charge in [0.15, 0.2) is 0 Å². The smallest absolute Gasteiger partial charge is 0.329 e. The van der Waals surface area contributed by atoms with Crippen molar-refractivity contribution in [3.8, 4) is 11.8 Å². The van der Waals surface area contributed by atoms with Crippen LogP contribution in [0.1, 0.15) is 64.0 Å². The molecule has 38 heavy (non-hydrogen) atoms. The van der Waals surface area contributed by atoms with Gasteiger partial charge >= 0.3 is 5.69 Å². The van der Waals surface area contributed by atoms with E-state index in [1.807, 2.05) is 32.0 Å². The topological polar surface area (TPSA) is 97.6 Å². The maximum atomic E-state index is 13.0. The number of amides is 2. The average molecular weight is 524 g/mol. The molecule has 4 heterocycles. The summed E-state index contributed by atoms with van der Waals surface area (Å²) in [7, 11) is 1.69. The summed E-state index contributed by atoms with van der Waals surface area (Å²) in [6, 6.07) is 4.83. The predicted molar refractivity (Wildman–Crippen MR) is 148 cm³/mol. The van der Waals surface area contributed by atoms with Gasteiger partial charge in [-0.3, -0.25) is 24.0 Å². The molecule has 0 bridgehead atoms. The second kappa shape index (κ2) is 13.2. The Morgan fingerprint density at radius 1 is 1.03 bits per heavy atom. The van der Waals surface area contributed by atoms with E-state index in [0.717, 1.165) is 50.5 Å². The fourth-order valence-corrected chi connectivity index (χ4v) is 5.75. The van der Waals surface area contributed by atoms with Crippen LogP contribution in [0.5, 0.6) is 0 Å². The summed E-state index contributed by atoms with van der Waals surface area (Å²) in [5.41, 5.74) is 1.76. The molecule has 1 aromatic carbocycles. The highest BCUT2D eigenvalue weighted by atomic mass is 16.5. The molecule has 0 saturated carbocycles. The number of rotatable bonds is 5. The van der Waals surface area contributed by atoms with E-state index in [4.69, 9.17) is 4.74 Å². The molecule has 3 aliphatic heterocycles. The number of piperidine rings is 3. The minimum Gasteiger partial charge on any atom is -0.365 e. The van der Waals surface area contributed by atoms with Gasteiger partial charge < -0.3 is 15.0 Å². The lowest BCUT2D eigenvalue weighted by Gasteiger charge is -2.35. The number of nitrogens with zero attached hydrogens (tertiary/aromatic N) is 3. The third-order valence-electron chi connectivity index (χ3n) is 7.75. The van der Waals surface area contributed by atoms with Crippen molar-refractivity contribution in [1.82, 2.24) is 24.7 Å². The maximum Gasteiger partial charge on any atom is 0.329 e. The number of imidazole rings is 1. The van der Waals surface area contributed by atoms with Gasteiger partial charge in [0.2, 0.25) is 11.8 Å². The molecule has 9 heteroatoms. The number of carbonyl (C=O) groups is 2. The first-order chi connectivity index (χ1) is 18.5. The van der Waals surface area contributed by atoms with Crippen molar-refractivity contribution in [3.05, 3.63) is 34.2 Å². The highest BCUT2D eigenvalue weighted by Crippen LogP contribution is 2.25. The van der Waals surface area contributed by atoms with Crippen molar-refractivity contribution in [3.63, 3.8) is 0 Å². The number of fused-ring (bicyclic) bond motifs is 1. The summed E-state index contributed by atoms with van der Waals surface area (Å²) in [4.78, 5) is 39.6. The summed E-state index contributed by atoms with van der Waals surface area (Å²) in [6.07, 6.45) is 5.38. The highest BCUT2D eigenvalue weighted by Gasteiger charge is 2.31. The standard InChI is InChI=1S/C27H35N5O4.C2H6/c1-30-25-20(4-2-6-22(25)32(27(30)35)23-7-8-24(33)29-26(23)34)5-3-17-36-21-11-15-31(16-12-21)18-19-9-13-28-14-10-19;1-2/h2,4,6,19,21,23,28H,7-18H2,1H3,(H,29,33,34);1-2H3. The molecule has 2 amide bonds. The lowest BCUT2D eigenvalue weighted by molar-refractivity contribution is -0.135. The number of hydrogen-bond donors (Lipinski definition) is 2. The third kappa shape index (κ3) is 6.37. The van der Waals surface area contributed by atoms with Crippen molar-refractivity contribution < 1.29 is 14.3 Å². The van der Waals surface area contributed by atoms with E-state index in [1.165, 1.54) is 28.5 Å². The zero-order valence-electron chi connectivity index (χ0n) is 22.9. The zero-order chi connectivity index (χ0) is 27.1. The number of para-hydroxylation sites is 1. The first kappa shape index (κ1) is 28.1. The van der Waals surface area contributed by atoms with Crippen LogP contribution in [0.2, 0.25) is 0 Å². The second-order valence-electron chi connectivity index (χ2n) is 10.2. The number of benzene rings is 1. The average Bonchev–Trinajstić information content (AvgIpc) is 3.19. The molecule has 0 radical (unpaired) electrons. The van der Waals surface area contributed by atoms with E-state index in [-0.39, 0.29) is 24.1 Å². The van der Waals surface area contributed by atoms with E-state index in [9.17, 15) is 14.4 Å². The number of likely N-dealkylation sites (tertiary alicyclic amines) is 1. The first-order valence-corrected chi connectivity index (χ1v) is 14.1. The molecule has 3 fully saturated rings. The van der Waals surface area contributed by atoms with Crippen LogP contribution in [0.25, 0.3) is 11.0 Å². The zero-order valence-corrected chi connectivity index (χ0v) is 22.9. The van der Waals surface area contributed by atoms with Gasteiger partial charge in [0.05, 0.1) is 22.7 Å². The molecule has 1 aromatic heterocycles. The number of aromatic nitrogens is 2. The van der Waals surface area contributed by atoms with Crippen molar-refractivity contribution in [2.45, 2.75) is 64.5 Å². The summed E-state index contributed by atoms with van der Waals surface area (Å²) < 4.78 is 9.08. The lowest BCUT2D eigenvalue weighted by Crippen LogP contribution is -2.44. The molecule has 2 N–H and O–H groups in total. The van der Waals surface area contributed by atoms with Crippen LogP contribution in [0, 0.1) is 17.8 Å². The van der Waals surface area contributed by atoms with Gasteiger partial charge in [-0.1, -0.05) is 31.8 Å². The van der Waals surface area contributed by atoms with E-state index < -0.39 is 11.9 Å². The second-order valence-corrected chi connectivity index (χ2v) is 10.2. The van der Waals surface area contributed by atoms with Gasteiger partial charge in [0.1, 0.15) is 12.6 Å². The maximum absolute atomic E-state index is 13.0. The Balaban J connectivity index is 0.00000164. The van der Waals surface area contributed by atoms with Crippen LogP contribution < -0.4 is 16.3 Å². The fraction of sp³-hybridized carbons (Fsp3) is 0.621. The monoisotopic (exact) mass is 523 g/mol. The third-order valence-corrected chi connectivity index (χ3v) is 7.75. The van der Waals surface area contributed by atoms with E-state index in [1.54, 1.807) is 7.05 Å². The summed E-state index contributed by atoms with van der Waals surface area (Å²) in [5.74, 6) is 6.38. The van der Waals surface area contributed by atoms with E-state index in [2.05, 4.69) is 27.4 Å². The number of nitrogens with one attached hydrogen (secondary N) is 2. The van der Waals surface area contributed by atoms with E-state index in [0.29, 0.717) is 24.1 Å². The Bertz CT molecular complexity index is 1240. The number of ether oxygens (including phenoxy) is 1. The molecule has 0 aliphatic carbocycles. The Morgan fingerprint density at radius 2 is 1.76 bits per heavy atom. The number of hydrogen-bond acceptors (Lipinski definition) is 6. The Morgan fingerprint density at radius 3 is 2.47 bits per heavy atom. The van der Waals surface area contributed by atoms with Gasteiger partial charge in [-0.05, 0) is 63.2 Å². The molecule has 5 rings (SSSR count). The number of aryl methyl sites for hydroxylation is 1. The summed E-state index contributed by atoms with van der Waals surface area (Å²) in [5, 5.41) is 5.78. The van der Waals surface area contributed by atoms with Crippen molar-refractivity contribution in [1.29, 1.82) is 0 Å². The van der Waals surface area contributed by atoms with E-state index >= 15 is 0 Å². The number of carbonyl (C=O) groups excluding carboxylic acids is 2. The highest BCUT2D eigenvalue weighted by molar-refractivity contribution is 6.00. The minimum atomic E-state index is -0.703. The molecule has 9 nitrogen and oxygen atoms in total. The molecule has 3 saturated heterocycles. The van der Waals surface area contributed by atoms with Gasteiger partial charge in [-0.2, -0.15) is 0 Å². The molecular weight excluding hydrogens is 482 g/mol. The van der Waals surface area contributed by atoms with Crippen molar-refractivity contribution >= 4 is 22.8 Å². The fourth-order valence-electron chi connectivity index (χ4n) is 5.75. The quantitative estimate of drug-likeness (QED) is 0.461. The van der Waals surface area contributed by atoms with Crippen LogP contribution in [-0.4, -0.2) is 71.3 Å². The SMILES string of the molecule is CC.Cn1c(=O)n(C2CCC(=O)NC2=O)c2cccc(C#CCOC3CCN(CC4CCNCC4)CC3)c21. The summed E-state index contributed by atoms with van der Waals surface area (Å²) >= 11 is 0. The molecular formula is C29H41N5O4. The molecule has 1 atom stereocenters. The lowest BCUT2D eigenvalue weighted by atomic mass is 9.96. The van der Waals surface area contributed by atoms with Gasteiger partial charge in [0, 0.05) is 33.1 Å².